The Labute approximate surface area is 161 Å². The average molecular weight is 417 g/mol. The lowest BCUT2D eigenvalue weighted by atomic mass is 9.80. The molecule has 0 radical (unpaired) electrons. The van der Waals surface area contributed by atoms with Gasteiger partial charge in [-0.1, -0.05) is 19.9 Å². The average Bonchev–Trinajstić information content (AvgIpc) is 2.34. The van der Waals surface area contributed by atoms with Crippen molar-refractivity contribution in [1.29, 1.82) is 0 Å². The Kier molecular flexibility index (Phi) is 14.0. The fourth-order valence-electron chi connectivity index (χ4n) is 2.98. The van der Waals surface area contributed by atoms with Crippen LogP contribution in [0.2, 0.25) is 0 Å². The number of halogens is 1. The lowest BCUT2D eigenvalue weighted by molar-refractivity contribution is -0.310. The standard InChI is InChI=1S/C14H27N4O4P.ClH.2H3N/c1-8(2)6-12(17-9(3)19)11-5-4-10(23(20,21)22)7-13(11)18-14(15)16;;;/h4,8,11-13H,5-7H2,1-3H3,(H,17,19)(H4,15,16,18)(H2,20,21,22);1H;2*1H3/t11-,12-,13+;;;/m0.../s1. The minimum Gasteiger partial charge on any atom is -0.808 e. The van der Waals surface area contributed by atoms with Crippen LogP contribution in [-0.4, -0.2) is 24.0 Å². The Morgan fingerprint density at radius 1 is 1.38 bits per heavy atom. The van der Waals surface area contributed by atoms with Crippen molar-refractivity contribution in [3.63, 3.8) is 0 Å². The molecule has 156 valence electrons. The van der Waals surface area contributed by atoms with Crippen LogP contribution in [0.3, 0.4) is 0 Å². The lowest BCUT2D eigenvalue weighted by Crippen LogP contribution is -2.46. The maximum Gasteiger partial charge on any atom is 0.217 e. The van der Waals surface area contributed by atoms with Crippen molar-refractivity contribution in [2.24, 2.45) is 28.3 Å². The summed E-state index contributed by atoms with van der Waals surface area (Å²) < 4.78 is 11.3. The van der Waals surface area contributed by atoms with Crippen LogP contribution in [-0.2, 0) is 9.36 Å². The number of carbonyl (C=O) groups is 1. The highest BCUT2D eigenvalue weighted by atomic mass is 35.5. The molecule has 0 aromatic carbocycles. The molecule has 0 saturated heterocycles. The third-order valence-electron chi connectivity index (χ3n) is 3.84. The Morgan fingerprint density at radius 3 is 2.31 bits per heavy atom. The first-order valence-corrected chi connectivity index (χ1v) is 9.12. The Hall–Kier alpha value is -1.16. The molecule has 1 amide bonds. The van der Waals surface area contributed by atoms with Gasteiger partial charge >= 0.3 is 0 Å². The number of rotatable bonds is 6. The highest BCUT2D eigenvalue weighted by Crippen LogP contribution is 2.44. The fraction of sp³-hybridized carbons (Fsp3) is 0.714. The molecule has 0 spiro atoms. The zero-order valence-electron chi connectivity index (χ0n) is 16.1. The molecular weight excluding hydrogens is 383 g/mol. The number of quaternary nitrogens is 2. The molecule has 0 aromatic rings. The van der Waals surface area contributed by atoms with E-state index in [9.17, 15) is 19.1 Å². The summed E-state index contributed by atoms with van der Waals surface area (Å²) in [7, 11) is -4.81. The monoisotopic (exact) mass is 416 g/mol. The number of hydrogen-bond donors (Lipinski definition) is 5. The van der Waals surface area contributed by atoms with Crippen LogP contribution >= 0.6 is 20.0 Å². The predicted octanol–water partition coefficient (Wildman–Crippen LogP) is 0.561. The SMILES string of the molecule is CC(=O)N[C@@H](CC(C)C)[C@@H]1CC=C(P(=O)([O-])[O-])C[C@H]1N=C(N)N.Cl.[NH4+].[NH4+]. The summed E-state index contributed by atoms with van der Waals surface area (Å²) in [5.41, 5.74) is 10.9. The number of nitrogens with two attached hydrogens (primary N) is 2. The van der Waals surface area contributed by atoms with Crippen LogP contribution < -0.4 is 38.9 Å². The van der Waals surface area contributed by atoms with E-state index in [0.29, 0.717) is 18.8 Å². The van der Waals surface area contributed by atoms with E-state index >= 15 is 0 Å². The summed E-state index contributed by atoms with van der Waals surface area (Å²) in [6.45, 7) is 5.48. The number of nitrogens with zero attached hydrogens (tertiary/aromatic N) is 1. The van der Waals surface area contributed by atoms with Gasteiger partial charge in [0.05, 0.1) is 6.04 Å². The summed E-state index contributed by atoms with van der Waals surface area (Å²) in [6, 6.07) is -0.747. The van der Waals surface area contributed by atoms with Crippen molar-refractivity contribution >= 4 is 31.9 Å². The fourth-order valence-corrected chi connectivity index (χ4v) is 3.72. The molecule has 0 saturated carbocycles. The summed E-state index contributed by atoms with van der Waals surface area (Å²) in [6.07, 6.45) is 2.42. The molecule has 10 nitrogen and oxygen atoms in total. The molecule has 0 heterocycles. The van der Waals surface area contributed by atoms with Crippen molar-refractivity contribution in [1.82, 2.24) is 17.6 Å². The van der Waals surface area contributed by atoms with Crippen molar-refractivity contribution < 1.29 is 19.1 Å². The minimum atomic E-state index is -4.81. The molecule has 26 heavy (non-hydrogen) atoms. The van der Waals surface area contributed by atoms with Gasteiger partial charge < -0.3 is 43.4 Å². The maximum atomic E-state index is 11.5. The normalized spacial score (nSPS) is 20.5. The number of amides is 1. The van der Waals surface area contributed by atoms with E-state index in [0.717, 1.165) is 0 Å². The molecule has 1 aliphatic rings. The van der Waals surface area contributed by atoms with E-state index in [2.05, 4.69) is 10.3 Å². The van der Waals surface area contributed by atoms with E-state index in [1.807, 2.05) is 13.8 Å². The van der Waals surface area contributed by atoms with Crippen LogP contribution in [0.1, 0.15) is 40.0 Å². The second kappa shape index (κ2) is 12.3. The van der Waals surface area contributed by atoms with Crippen molar-refractivity contribution in [3.8, 4) is 0 Å². The van der Waals surface area contributed by atoms with Crippen molar-refractivity contribution in [2.45, 2.75) is 52.1 Å². The summed E-state index contributed by atoms with van der Waals surface area (Å²) in [5, 5.41) is 2.72. The van der Waals surface area contributed by atoms with E-state index in [-0.39, 0.29) is 60.3 Å². The van der Waals surface area contributed by atoms with Gasteiger partial charge in [-0.05, 0) is 38.1 Å². The third-order valence-corrected chi connectivity index (χ3v) is 4.90. The minimum absolute atomic E-state index is 0. The summed E-state index contributed by atoms with van der Waals surface area (Å²) >= 11 is 0. The largest absolute Gasteiger partial charge is 0.808 e. The highest BCUT2D eigenvalue weighted by Gasteiger charge is 2.33. The van der Waals surface area contributed by atoms with Gasteiger partial charge in [-0.15, -0.1) is 12.4 Å². The molecule has 0 aliphatic heterocycles. The first-order chi connectivity index (χ1) is 10.5. The van der Waals surface area contributed by atoms with Gasteiger partial charge in [-0.25, -0.2) is 4.99 Å². The number of nitrogens with one attached hydrogen (secondary N) is 1. The van der Waals surface area contributed by atoms with Crippen LogP contribution in [0.4, 0.5) is 0 Å². The first kappa shape index (κ1) is 29.6. The third kappa shape index (κ3) is 9.51. The molecule has 13 N–H and O–H groups in total. The molecule has 0 bridgehead atoms. The summed E-state index contributed by atoms with van der Waals surface area (Å²) in [5.74, 6) is -0.188. The number of allylic oxidation sites excluding steroid dienone is 1. The van der Waals surface area contributed by atoms with Crippen LogP contribution in [0.5, 0.6) is 0 Å². The van der Waals surface area contributed by atoms with Crippen LogP contribution in [0.25, 0.3) is 0 Å². The lowest BCUT2D eigenvalue weighted by Gasteiger charge is -2.41. The quantitative estimate of drug-likeness (QED) is 0.235. The molecule has 3 atom stereocenters. The van der Waals surface area contributed by atoms with Gasteiger partial charge in [0.1, 0.15) is 0 Å². The number of carbonyl (C=O) groups excluding carboxylic acids is 1. The van der Waals surface area contributed by atoms with Gasteiger partial charge in [0.15, 0.2) is 5.96 Å². The predicted molar refractivity (Wildman–Crippen MR) is 104 cm³/mol. The van der Waals surface area contributed by atoms with E-state index in [4.69, 9.17) is 11.5 Å². The van der Waals surface area contributed by atoms with E-state index < -0.39 is 13.6 Å². The Bertz CT molecular complexity index is 548. The van der Waals surface area contributed by atoms with Crippen molar-refractivity contribution in [3.05, 3.63) is 11.4 Å². The Morgan fingerprint density at radius 2 is 1.92 bits per heavy atom. The van der Waals surface area contributed by atoms with Crippen molar-refractivity contribution in [2.75, 3.05) is 0 Å². The number of hydrogen-bond acceptors (Lipinski definition) is 5. The first-order valence-electron chi connectivity index (χ1n) is 7.58. The van der Waals surface area contributed by atoms with Crippen LogP contribution in [0.15, 0.2) is 16.4 Å². The molecule has 0 aromatic heterocycles. The second-order valence-electron chi connectivity index (χ2n) is 6.35. The second-order valence-corrected chi connectivity index (χ2v) is 7.92. The van der Waals surface area contributed by atoms with E-state index in [1.54, 1.807) is 0 Å². The maximum absolute atomic E-state index is 11.5. The van der Waals surface area contributed by atoms with Gasteiger partial charge in [0, 0.05) is 18.9 Å². The zero-order chi connectivity index (χ0) is 17.8. The molecule has 12 heteroatoms. The topological polar surface area (TPSA) is 230 Å². The number of aliphatic imine (C=N–C) groups is 1. The van der Waals surface area contributed by atoms with Gasteiger partial charge in [-0.3, -0.25) is 4.79 Å². The summed E-state index contributed by atoms with van der Waals surface area (Å²) in [4.78, 5) is 38.1. The zero-order valence-corrected chi connectivity index (χ0v) is 17.8. The molecule has 1 aliphatic carbocycles. The molecule has 0 unspecified atom stereocenters. The smallest absolute Gasteiger partial charge is 0.217 e. The van der Waals surface area contributed by atoms with Gasteiger partial charge in [0.25, 0.3) is 0 Å². The highest BCUT2D eigenvalue weighted by molar-refractivity contribution is 7.53. The number of guanidine groups is 1. The Balaban J connectivity index is -0.00000176. The molecule has 1 rings (SSSR count). The van der Waals surface area contributed by atoms with Gasteiger partial charge in [-0.2, -0.15) is 0 Å². The van der Waals surface area contributed by atoms with Crippen LogP contribution in [0, 0.1) is 11.8 Å². The van der Waals surface area contributed by atoms with E-state index in [1.165, 1.54) is 13.0 Å². The van der Waals surface area contributed by atoms with Gasteiger partial charge in [0.2, 0.25) is 5.91 Å². The molecular formula is C14H34ClN6O4P. The molecule has 0 fully saturated rings.